The summed E-state index contributed by atoms with van der Waals surface area (Å²) in [5, 5.41) is 14.8. The highest BCUT2D eigenvalue weighted by atomic mass is 32.1. The first-order chi connectivity index (χ1) is 8.42. The van der Waals surface area contributed by atoms with E-state index in [0.29, 0.717) is 6.54 Å². The first-order valence-electron chi connectivity index (χ1n) is 5.97. The summed E-state index contributed by atoms with van der Waals surface area (Å²) >= 11 is 1.66. The quantitative estimate of drug-likeness (QED) is 0.918. The van der Waals surface area contributed by atoms with E-state index in [-0.39, 0.29) is 5.54 Å². The van der Waals surface area contributed by atoms with E-state index in [9.17, 15) is 0 Å². The Labute approximate surface area is 111 Å². The van der Waals surface area contributed by atoms with Crippen LogP contribution in [-0.4, -0.2) is 25.5 Å². The highest BCUT2D eigenvalue weighted by molar-refractivity contribution is 7.09. The molecule has 2 rings (SSSR count). The summed E-state index contributed by atoms with van der Waals surface area (Å²) in [6.45, 7) is 9.83. The first-order valence-corrected chi connectivity index (χ1v) is 6.85. The third kappa shape index (κ3) is 3.89. The predicted octanol–water partition coefficient (Wildman–Crippen LogP) is 1.98. The van der Waals surface area contributed by atoms with Gasteiger partial charge in [-0.15, -0.1) is 16.4 Å². The van der Waals surface area contributed by atoms with E-state index in [1.165, 1.54) is 0 Å². The lowest BCUT2D eigenvalue weighted by Gasteiger charge is -2.19. The fourth-order valence-electron chi connectivity index (χ4n) is 1.50. The molecule has 2 heterocycles. The fraction of sp³-hybridized carbons (Fsp3) is 0.583. The Morgan fingerprint density at radius 3 is 2.72 bits per heavy atom. The molecule has 98 valence electrons. The maximum Gasteiger partial charge on any atom is 0.0965 e. The number of hydrogen-bond acceptors (Lipinski definition) is 5. The number of rotatable bonds is 4. The molecule has 0 spiro atoms. The molecule has 0 aliphatic carbocycles. The van der Waals surface area contributed by atoms with Gasteiger partial charge in [0.15, 0.2) is 0 Å². The van der Waals surface area contributed by atoms with Crippen LogP contribution in [-0.2, 0) is 13.1 Å². The van der Waals surface area contributed by atoms with Crippen LogP contribution in [0.5, 0.6) is 0 Å². The molecule has 2 aromatic rings. The lowest BCUT2D eigenvalue weighted by Crippen LogP contribution is -2.35. The van der Waals surface area contributed by atoms with Crippen LogP contribution < -0.4 is 5.32 Å². The minimum absolute atomic E-state index is 0.0931. The van der Waals surface area contributed by atoms with Crippen LogP contribution in [0.1, 0.15) is 37.2 Å². The van der Waals surface area contributed by atoms with Crippen molar-refractivity contribution in [2.75, 3.05) is 0 Å². The Kier molecular flexibility index (Phi) is 3.77. The average molecular weight is 265 g/mol. The largest absolute Gasteiger partial charge is 0.306 e. The summed E-state index contributed by atoms with van der Waals surface area (Å²) in [6, 6.07) is 0. The standard InChI is InChI=1S/C12H19N5S/c1-9-14-11(8-18-9)7-17-6-10(15-16-17)5-13-12(2,3)4/h6,8,13H,5,7H2,1-4H3. The van der Waals surface area contributed by atoms with Gasteiger partial charge in [0, 0.05) is 17.5 Å². The second kappa shape index (κ2) is 5.16. The number of thiazole rings is 1. The second-order valence-electron chi connectivity index (χ2n) is 5.37. The minimum Gasteiger partial charge on any atom is -0.306 e. The van der Waals surface area contributed by atoms with E-state index >= 15 is 0 Å². The van der Waals surface area contributed by atoms with Gasteiger partial charge in [-0.2, -0.15) is 0 Å². The van der Waals surface area contributed by atoms with Gasteiger partial charge in [-0.1, -0.05) is 5.21 Å². The molecule has 0 saturated carbocycles. The monoisotopic (exact) mass is 265 g/mol. The van der Waals surface area contributed by atoms with E-state index in [0.717, 1.165) is 22.9 Å². The normalized spacial score (nSPS) is 12.0. The molecule has 0 atom stereocenters. The van der Waals surface area contributed by atoms with Gasteiger partial charge < -0.3 is 5.32 Å². The summed E-state index contributed by atoms with van der Waals surface area (Å²) in [7, 11) is 0. The van der Waals surface area contributed by atoms with Crippen molar-refractivity contribution in [1.82, 2.24) is 25.3 Å². The van der Waals surface area contributed by atoms with Gasteiger partial charge in [0.2, 0.25) is 0 Å². The number of aromatic nitrogens is 4. The SMILES string of the molecule is Cc1nc(Cn2cc(CNC(C)(C)C)nn2)cs1. The summed E-state index contributed by atoms with van der Waals surface area (Å²) in [6.07, 6.45) is 1.97. The van der Waals surface area contributed by atoms with Crippen molar-refractivity contribution in [2.24, 2.45) is 0 Å². The van der Waals surface area contributed by atoms with E-state index in [4.69, 9.17) is 0 Å². The summed E-state index contributed by atoms with van der Waals surface area (Å²) in [5.74, 6) is 0. The van der Waals surface area contributed by atoms with Gasteiger partial charge in [-0.25, -0.2) is 9.67 Å². The van der Waals surface area contributed by atoms with Gasteiger partial charge in [0.1, 0.15) is 0 Å². The minimum atomic E-state index is 0.0931. The van der Waals surface area contributed by atoms with Gasteiger partial charge in [-0.05, 0) is 27.7 Å². The lowest BCUT2D eigenvalue weighted by atomic mass is 10.1. The van der Waals surface area contributed by atoms with Crippen LogP contribution in [0.4, 0.5) is 0 Å². The van der Waals surface area contributed by atoms with E-state index in [1.807, 2.05) is 17.8 Å². The topological polar surface area (TPSA) is 55.6 Å². The zero-order valence-corrected chi connectivity index (χ0v) is 12.1. The van der Waals surface area contributed by atoms with Crippen LogP contribution in [0.3, 0.4) is 0 Å². The Hall–Kier alpha value is -1.27. The van der Waals surface area contributed by atoms with E-state index in [1.54, 1.807) is 11.3 Å². The van der Waals surface area contributed by atoms with Gasteiger partial charge in [0.25, 0.3) is 0 Å². The van der Waals surface area contributed by atoms with Crippen LogP contribution in [0.25, 0.3) is 0 Å². The van der Waals surface area contributed by atoms with Crippen molar-refractivity contribution in [2.45, 2.75) is 46.3 Å². The summed E-state index contributed by atoms with van der Waals surface area (Å²) in [5.41, 5.74) is 2.09. The number of hydrogen-bond donors (Lipinski definition) is 1. The van der Waals surface area contributed by atoms with Crippen molar-refractivity contribution >= 4 is 11.3 Å². The molecule has 0 fully saturated rings. The first kappa shape index (κ1) is 13.2. The molecule has 18 heavy (non-hydrogen) atoms. The Morgan fingerprint density at radius 1 is 1.33 bits per heavy atom. The summed E-state index contributed by atoms with van der Waals surface area (Å²) < 4.78 is 1.83. The molecule has 0 aromatic carbocycles. The molecular formula is C12H19N5S. The number of nitrogens with one attached hydrogen (secondary N) is 1. The maximum atomic E-state index is 4.41. The zero-order chi connectivity index (χ0) is 13.2. The number of aryl methyl sites for hydroxylation is 1. The molecule has 2 aromatic heterocycles. The molecule has 0 aliphatic heterocycles. The van der Waals surface area contributed by atoms with Crippen LogP contribution in [0.2, 0.25) is 0 Å². The molecule has 0 bridgehead atoms. The fourth-order valence-corrected chi connectivity index (χ4v) is 2.10. The molecule has 0 amide bonds. The Morgan fingerprint density at radius 2 is 2.11 bits per heavy atom. The molecular weight excluding hydrogens is 246 g/mol. The van der Waals surface area contributed by atoms with Crippen molar-refractivity contribution < 1.29 is 0 Å². The number of nitrogens with zero attached hydrogens (tertiary/aromatic N) is 4. The Balaban J connectivity index is 1.94. The average Bonchev–Trinajstić information content (AvgIpc) is 2.85. The summed E-state index contributed by atoms with van der Waals surface area (Å²) in [4.78, 5) is 4.41. The lowest BCUT2D eigenvalue weighted by molar-refractivity contribution is 0.421. The van der Waals surface area contributed by atoms with Crippen LogP contribution >= 0.6 is 11.3 Å². The van der Waals surface area contributed by atoms with Crippen molar-refractivity contribution in [3.05, 3.63) is 28.0 Å². The smallest absolute Gasteiger partial charge is 0.0965 e. The molecule has 6 heteroatoms. The zero-order valence-electron chi connectivity index (χ0n) is 11.3. The molecule has 0 aliphatic rings. The van der Waals surface area contributed by atoms with Gasteiger partial charge in [-0.3, -0.25) is 0 Å². The molecule has 1 N–H and O–H groups in total. The van der Waals surface area contributed by atoms with Crippen molar-refractivity contribution in [3.63, 3.8) is 0 Å². The van der Waals surface area contributed by atoms with Gasteiger partial charge >= 0.3 is 0 Å². The maximum absolute atomic E-state index is 4.41. The third-order valence-electron chi connectivity index (χ3n) is 2.38. The third-order valence-corrected chi connectivity index (χ3v) is 3.20. The van der Waals surface area contributed by atoms with E-state index < -0.39 is 0 Å². The predicted molar refractivity (Wildman–Crippen MR) is 72.6 cm³/mol. The Bertz CT molecular complexity index is 509. The molecule has 0 unspecified atom stereocenters. The van der Waals surface area contributed by atoms with E-state index in [2.05, 4.69) is 46.8 Å². The molecule has 0 saturated heterocycles. The second-order valence-corrected chi connectivity index (χ2v) is 6.43. The highest BCUT2D eigenvalue weighted by Gasteiger charge is 2.10. The molecule has 0 radical (unpaired) electrons. The van der Waals surface area contributed by atoms with Gasteiger partial charge in [0.05, 0.1) is 29.1 Å². The van der Waals surface area contributed by atoms with Crippen LogP contribution in [0.15, 0.2) is 11.6 Å². The van der Waals surface area contributed by atoms with Crippen molar-refractivity contribution in [3.8, 4) is 0 Å². The van der Waals surface area contributed by atoms with Crippen LogP contribution in [0, 0.1) is 6.92 Å². The van der Waals surface area contributed by atoms with Crippen molar-refractivity contribution in [1.29, 1.82) is 0 Å². The highest BCUT2D eigenvalue weighted by Crippen LogP contribution is 2.09. The molecule has 5 nitrogen and oxygen atoms in total.